The molecule has 2 aliphatic heterocycles. The van der Waals surface area contributed by atoms with E-state index in [1.54, 1.807) is 6.92 Å². The van der Waals surface area contributed by atoms with Gasteiger partial charge in [0.1, 0.15) is 5.78 Å². The van der Waals surface area contributed by atoms with E-state index in [1.165, 1.54) is 14.2 Å². The number of hydrogen-bond acceptors (Lipinski definition) is 6. The molecule has 2 aliphatic rings. The molecule has 3 aromatic rings. The second-order valence-electron chi connectivity index (χ2n) is 12.3. The topological polar surface area (TPSA) is 129 Å². The van der Waals surface area contributed by atoms with Crippen LogP contribution >= 0.6 is 0 Å². The summed E-state index contributed by atoms with van der Waals surface area (Å²) in [7, 11) is 2.71. The molecule has 0 aromatic carbocycles. The molecule has 2 atom stereocenters. The van der Waals surface area contributed by atoms with Crippen molar-refractivity contribution in [2.24, 2.45) is 11.8 Å². The molecule has 5 heterocycles. The van der Waals surface area contributed by atoms with Gasteiger partial charge in [-0.1, -0.05) is 26.5 Å². The second kappa shape index (κ2) is 12.9. The number of carbonyl (C=O) groups is 3. The third-order valence-electron chi connectivity index (χ3n) is 9.66. The summed E-state index contributed by atoms with van der Waals surface area (Å²) >= 11 is 0. The molecule has 0 saturated carbocycles. The van der Waals surface area contributed by atoms with E-state index in [0.29, 0.717) is 35.2 Å². The highest BCUT2D eigenvalue weighted by Crippen LogP contribution is 2.43. The number of H-pyrrole nitrogens is 3. The first-order valence-electron chi connectivity index (χ1n) is 15.8. The number of ketones is 1. The Labute approximate surface area is 269 Å². The SMILES string of the molecule is C=Cc1c2[nH]c(c1C)C=C1NC(=C(CC(=O)OC)c3[nH]c(c(C)c3C(=O)OC)C=c3[nH]c(c(C)c3CC)=C2)[C@@H](CCC(C)=O)[C@@H]1C. The smallest absolute Gasteiger partial charge is 0.340 e. The number of allylic oxidation sites excluding steroid dienone is 2. The molecule has 5 rings (SSSR count). The number of methoxy groups -OCH3 is 2. The summed E-state index contributed by atoms with van der Waals surface area (Å²) in [5.41, 5.74) is 10.8. The van der Waals surface area contributed by atoms with Crippen molar-refractivity contribution in [2.45, 2.75) is 67.2 Å². The normalized spacial score (nSPS) is 17.1. The van der Waals surface area contributed by atoms with Gasteiger partial charge < -0.3 is 34.5 Å². The maximum atomic E-state index is 13.4. The number of esters is 2. The molecule has 0 unspecified atom stereocenters. The fourth-order valence-electron chi connectivity index (χ4n) is 6.95. The van der Waals surface area contributed by atoms with Crippen LogP contribution in [0.4, 0.5) is 0 Å². The fourth-order valence-corrected chi connectivity index (χ4v) is 6.95. The fraction of sp³-hybridized carbons (Fsp3) is 0.378. The molecule has 1 fully saturated rings. The van der Waals surface area contributed by atoms with Gasteiger partial charge in [-0.3, -0.25) is 4.79 Å². The predicted molar refractivity (Wildman–Crippen MR) is 181 cm³/mol. The highest BCUT2D eigenvalue weighted by atomic mass is 16.5. The average molecular weight is 625 g/mol. The molecule has 1 saturated heterocycles. The maximum absolute atomic E-state index is 13.4. The van der Waals surface area contributed by atoms with Gasteiger partial charge in [0.2, 0.25) is 0 Å². The van der Waals surface area contributed by atoms with E-state index in [1.807, 2.05) is 19.1 Å². The quantitative estimate of drug-likeness (QED) is 0.258. The van der Waals surface area contributed by atoms with Crippen molar-refractivity contribution in [1.82, 2.24) is 20.3 Å². The summed E-state index contributed by atoms with van der Waals surface area (Å²) in [6.45, 7) is 16.0. The van der Waals surface area contributed by atoms with E-state index in [2.05, 4.69) is 66.7 Å². The minimum Gasteiger partial charge on any atom is -0.469 e. The van der Waals surface area contributed by atoms with E-state index in [9.17, 15) is 14.4 Å². The molecule has 4 N–H and O–H groups in total. The second-order valence-corrected chi connectivity index (χ2v) is 12.3. The Balaban J connectivity index is 1.95. The van der Waals surface area contributed by atoms with Crippen molar-refractivity contribution in [3.63, 3.8) is 0 Å². The first-order chi connectivity index (χ1) is 21.9. The van der Waals surface area contributed by atoms with Gasteiger partial charge in [-0.15, -0.1) is 0 Å². The Morgan fingerprint density at radius 3 is 2.24 bits per heavy atom. The molecule has 0 radical (unpaired) electrons. The van der Waals surface area contributed by atoms with Crippen molar-refractivity contribution < 1.29 is 23.9 Å². The van der Waals surface area contributed by atoms with E-state index >= 15 is 0 Å². The third-order valence-corrected chi connectivity index (χ3v) is 9.66. The largest absolute Gasteiger partial charge is 0.469 e. The maximum Gasteiger partial charge on any atom is 0.340 e. The van der Waals surface area contributed by atoms with Gasteiger partial charge in [-0.25, -0.2) is 4.79 Å². The van der Waals surface area contributed by atoms with Crippen LogP contribution in [0.15, 0.2) is 18.0 Å². The van der Waals surface area contributed by atoms with Crippen molar-refractivity contribution in [3.05, 3.63) is 84.8 Å². The van der Waals surface area contributed by atoms with Crippen LogP contribution in [-0.2, 0) is 25.5 Å². The van der Waals surface area contributed by atoms with Crippen LogP contribution < -0.4 is 16.0 Å². The number of fused-ring (bicyclic) bond motifs is 8. The number of carbonyl (C=O) groups excluding carboxylic acids is 3. The molecule has 8 bridgehead atoms. The summed E-state index contributed by atoms with van der Waals surface area (Å²) < 4.78 is 10.4. The lowest BCUT2D eigenvalue weighted by Crippen LogP contribution is -2.16. The molecular formula is C37H44N4O5. The summed E-state index contributed by atoms with van der Waals surface area (Å²) in [4.78, 5) is 49.4. The zero-order valence-corrected chi connectivity index (χ0v) is 28.0. The van der Waals surface area contributed by atoms with Crippen LogP contribution in [0.2, 0.25) is 0 Å². The van der Waals surface area contributed by atoms with Crippen molar-refractivity contribution in [1.29, 1.82) is 0 Å². The van der Waals surface area contributed by atoms with Crippen LogP contribution in [0.25, 0.3) is 29.9 Å². The highest BCUT2D eigenvalue weighted by Gasteiger charge is 2.37. The van der Waals surface area contributed by atoms with Crippen LogP contribution in [0.5, 0.6) is 0 Å². The van der Waals surface area contributed by atoms with Crippen molar-refractivity contribution in [3.8, 4) is 0 Å². The lowest BCUT2D eigenvalue weighted by atomic mass is 9.85. The Morgan fingerprint density at radius 2 is 1.61 bits per heavy atom. The summed E-state index contributed by atoms with van der Waals surface area (Å²) in [5.74, 6) is -1.03. The molecule has 0 spiro atoms. The third kappa shape index (κ3) is 5.70. The molecular weight excluding hydrogens is 580 g/mol. The summed E-state index contributed by atoms with van der Waals surface area (Å²) in [6.07, 6.45) is 9.76. The number of aromatic nitrogens is 3. The van der Waals surface area contributed by atoms with Crippen molar-refractivity contribution >= 4 is 47.6 Å². The molecule has 0 aliphatic carbocycles. The van der Waals surface area contributed by atoms with Crippen LogP contribution in [-0.4, -0.2) is 46.9 Å². The standard InChI is InChI=1S/C37H44N4O5/c1-10-23-19(4)27-15-29-21(6)25(13-12-18(3)42)35(40-29)26(14-33(43)45-8)36-34(37(44)46-9)22(7)30(41-36)17-32-24(11-2)20(5)28(39-32)16-31(23)38-27/h10,15-17,21,25,38-41H,1,11-14H2,2-9H3/t21-,25-/m0/s1. The number of Topliss-reactive ketones (excluding diaryl/α,β-unsaturated/α-hetero) is 1. The monoisotopic (exact) mass is 624 g/mol. The molecule has 242 valence electrons. The van der Waals surface area contributed by atoms with Gasteiger partial charge in [0, 0.05) is 68.6 Å². The van der Waals surface area contributed by atoms with Crippen LogP contribution in [0.3, 0.4) is 0 Å². The highest BCUT2D eigenvalue weighted by molar-refractivity contribution is 6.00. The zero-order valence-electron chi connectivity index (χ0n) is 28.0. The lowest BCUT2D eigenvalue weighted by Gasteiger charge is -2.19. The summed E-state index contributed by atoms with van der Waals surface area (Å²) in [6, 6.07) is 0. The molecule has 46 heavy (non-hydrogen) atoms. The average Bonchev–Trinajstić information content (AvgIpc) is 3.71. The van der Waals surface area contributed by atoms with Crippen molar-refractivity contribution in [2.75, 3.05) is 14.2 Å². The molecule has 9 heteroatoms. The molecule has 3 aromatic heterocycles. The van der Waals surface area contributed by atoms with E-state index in [-0.39, 0.29) is 24.0 Å². The zero-order chi connectivity index (χ0) is 33.4. The van der Waals surface area contributed by atoms with Gasteiger partial charge in [-0.05, 0) is 81.0 Å². The minimum atomic E-state index is -0.509. The Kier molecular flexibility index (Phi) is 9.15. The van der Waals surface area contributed by atoms with Gasteiger partial charge in [0.15, 0.2) is 0 Å². The van der Waals surface area contributed by atoms with E-state index in [0.717, 1.165) is 67.8 Å². The number of aromatic amines is 3. The number of rotatable bonds is 8. The van der Waals surface area contributed by atoms with Gasteiger partial charge >= 0.3 is 11.9 Å². The van der Waals surface area contributed by atoms with E-state index in [4.69, 9.17) is 9.47 Å². The number of hydrogen-bond donors (Lipinski definition) is 4. The molecule has 9 nitrogen and oxygen atoms in total. The van der Waals surface area contributed by atoms with Gasteiger partial charge in [0.05, 0.1) is 31.9 Å². The van der Waals surface area contributed by atoms with Crippen LogP contribution in [0, 0.1) is 32.6 Å². The Bertz CT molecular complexity index is 1940. The van der Waals surface area contributed by atoms with E-state index < -0.39 is 11.9 Å². The summed E-state index contributed by atoms with van der Waals surface area (Å²) in [5, 5.41) is 5.54. The lowest BCUT2D eigenvalue weighted by molar-refractivity contribution is -0.139. The van der Waals surface area contributed by atoms with Gasteiger partial charge in [-0.2, -0.15) is 0 Å². The Hall–Kier alpha value is -4.79. The number of nitrogens with one attached hydrogen (secondary N) is 4. The van der Waals surface area contributed by atoms with Crippen LogP contribution in [0.1, 0.15) is 101 Å². The molecule has 0 amide bonds. The first kappa shape index (κ1) is 32.6. The van der Waals surface area contributed by atoms with Gasteiger partial charge in [0.25, 0.3) is 0 Å². The predicted octanol–water partition coefficient (Wildman–Crippen LogP) is 5.10. The minimum absolute atomic E-state index is 0.0245. The first-order valence-corrected chi connectivity index (χ1v) is 15.8. The Morgan fingerprint density at radius 1 is 0.913 bits per heavy atom. The number of ether oxygens (including phenoxy) is 2.